The maximum atomic E-state index is 11.2. The van der Waals surface area contributed by atoms with E-state index in [1.807, 2.05) is 55.5 Å². The van der Waals surface area contributed by atoms with E-state index in [9.17, 15) is 4.79 Å². The lowest BCUT2D eigenvalue weighted by molar-refractivity contribution is 0.112. The van der Waals surface area contributed by atoms with Gasteiger partial charge >= 0.3 is 0 Å². The molecule has 1 aromatic heterocycles. The topological polar surface area (TPSA) is 54.6 Å². The largest absolute Gasteiger partial charge is 0.463 e. The Balaban J connectivity index is 2.19. The summed E-state index contributed by atoms with van der Waals surface area (Å²) >= 11 is 0. The lowest BCUT2D eigenvalue weighted by Gasteiger charge is -2.03. The van der Waals surface area contributed by atoms with E-state index in [1.165, 1.54) is 6.26 Å². The maximum absolute atomic E-state index is 11.2. The predicted octanol–water partition coefficient (Wildman–Crippen LogP) is 3.48. The van der Waals surface area contributed by atoms with E-state index in [1.54, 1.807) is 0 Å². The Morgan fingerprint density at radius 2 is 1.95 bits per heavy atom. The van der Waals surface area contributed by atoms with Crippen LogP contribution in [0.1, 0.15) is 15.9 Å². The molecule has 0 spiro atoms. The van der Waals surface area contributed by atoms with E-state index >= 15 is 0 Å². The van der Waals surface area contributed by atoms with Crippen molar-refractivity contribution in [3.63, 3.8) is 0 Å². The SMILES string of the molecule is Cc1ccc2occ(C=O)c(=NNc3ccccc3)c2c1. The van der Waals surface area contributed by atoms with Crippen molar-refractivity contribution in [3.8, 4) is 0 Å². The van der Waals surface area contributed by atoms with Crippen LogP contribution >= 0.6 is 0 Å². The first-order valence-corrected chi connectivity index (χ1v) is 6.60. The molecule has 0 atom stereocenters. The Morgan fingerprint density at radius 3 is 2.71 bits per heavy atom. The molecule has 0 saturated heterocycles. The highest BCUT2D eigenvalue weighted by molar-refractivity contribution is 5.84. The molecule has 104 valence electrons. The lowest BCUT2D eigenvalue weighted by atomic mass is 10.1. The molecule has 0 unspecified atom stereocenters. The molecular formula is C17H14N2O2. The van der Waals surface area contributed by atoms with Crippen LogP contribution in [-0.4, -0.2) is 6.29 Å². The first kappa shape index (κ1) is 13.1. The van der Waals surface area contributed by atoms with Gasteiger partial charge in [0.05, 0.1) is 11.3 Å². The summed E-state index contributed by atoms with van der Waals surface area (Å²) in [6.45, 7) is 1.99. The van der Waals surface area contributed by atoms with E-state index in [0.29, 0.717) is 16.5 Å². The number of rotatable bonds is 3. The molecule has 3 rings (SSSR count). The molecule has 4 heteroatoms. The summed E-state index contributed by atoms with van der Waals surface area (Å²) in [6.07, 6.45) is 2.17. The zero-order valence-corrected chi connectivity index (χ0v) is 11.5. The second-order valence-electron chi connectivity index (χ2n) is 4.75. The van der Waals surface area contributed by atoms with Crippen LogP contribution in [0.5, 0.6) is 0 Å². The molecule has 2 aromatic carbocycles. The molecule has 0 radical (unpaired) electrons. The molecule has 0 amide bonds. The van der Waals surface area contributed by atoms with Crippen LogP contribution in [0.2, 0.25) is 0 Å². The summed E-state index contributed by atoms with van der Waals surface area (Å²) in [5.74, 6) is 0. The van der Waals surface area contributed by atoms with E-state index in [2.05, 4.69) is 10.5 Å². The minimum Gasteiger partial charge on any atom is -0.463 e. The summed E-state index contributed by atoms with van der Waals surface area (Å²) in [5.41, 5.74) is 6.02. The van der Waals surface area contributed by atoms with Crippen molar-refractivity contribution in [2.24, 2.45) is 5.10 Å². The van der Waals surface area contributed by atoms with E-state index in [4.69, 9.17) is 4.42 Å². The fourth-order valence-corrected chi connectivity index (χ4v) is 2.11. The molecule has 0 aliphatic heterocycles. The van der Waals surface area contributed by atoms with Crippen LogP contribution in [0.3, 0.4) is 0 Å². The second-order valence-corrected chi connectivity index (χ2v) is 4.75. The Bertz CT molecular complexity index is 852. The molecule has 4 nitrogen and oxygen atoms in total. The van der Waals surface area contributed by atoms with Gasteiger partial charge in [-0.1, -0.05) is 29.8 Å². The van der Waals surface area contributed by atoms with Gasteiger partial charge in [-0.05, 0) is 31.2 Å². The Labute approximate surface area is 121 Å². The van der Waals surface area contributed by atoms with Gasteiger partial charge in [-0.15, -0.1) is 0 Å². The van der Waals surface area contributed by atoms with Gasteiger partial charge in [0.15, 0.2) is 6.29 Å². The number of aryl methyl sites for hydroxylation is 1. The normalized spacial score (nSPS) is 11.6. The molecule has 0 bridgehead atoms. The maximum Gasteiger partial charge on any atom is 0.155 e. The van der Waals surface area contributed by atoms with Gasteiger partial charge in [0.25, 0.3) is 0 Å². The van der Waals surface area contributed by atoms with E-state index < -0.39 is 0 Å². The zero-order valence-electron chi connectivity index (χ0n) is 11.5. The predicted molar refractivity (Wildman–Crippen MR) is 82.0 cm³/mol. The van der Waals surface area contributed by atoms with Gasteiger partial charge in [0, 0.05) is 5.39 Å². The fraction of sp³-hybridized carbons (Fsp3) is 0.0588. The molecule has 21 heavy (non-hydrogen) atoms. The van der Waals surface area contributed by atoms with Gasteiger partial charge in [-0.25, -0.2) is 0 Å². The van der Waals surface area contributed by atoms with Crippen molar-refractivity contribution < 1.29 is 9.21 Å². The van der Waals surface area contributed by atoms with Crippen LogP contribution in [0.15, 0.2) is 64.3 Å². The Morgan fingerprint density at radius 1 is 1.14 bits per heavy atom. The Kier molecular flexibility index (Phi) is 3.51. The third-order valence-electron chi connectivity index (χ3n) is 3.17. The molecule has 0 saturated carbocycles. The lowest BCUT2D eigenvalue weighted by Crippen LogP contribution is -2.13. The first-order chi connectivity index (χ1) is 10.3. The van der Waals surface area contributed by atoms with Crippen molar-refractivity contribution in [1.82, 2.24) is 0 Å². The van der Waals surface area contributed by atoms with Crippen LogP contribution in [0, 0.1) is 6.92 Å². The van der Waals surface area contributed by atoms with Gasteiger partial charge in [-0.3, -0.25) is 10.2 Å². The second kappa shape index (κ2) is 5.63. The number of para-hydroxylation sites is 1. The fourth-order valence-electron chi connectivity index (χ4n) is 2.11. The van der Waals surface area contributed by atoms with Crippen molar-refractivity contribution in [3.05, 3.63) is 71.3 Å². The van der Waals surface area contributed by atoms with Gasteiger partial charge in [0.2, 0.25) is 0 Å². The minimum atomic E-state index is 0.413. The number of nitrogens with one attached hydrogen (secondary N) is 1. The monoisotopic (exact) mass is 278 g/mol. The van der Waals surface area contributed by atoms with Crippen molar-refractivity contribution in [2.45, 2.75) is 6.92 Å². The summed E-state index contributed by atoms with van der Waals surface area (Å²) in [5, 5.41) is 5.77. The number of benzene rings is 2. The Hall–Kier alpha value is -2.88. The number of hydrogen-bond donors (Lipinski definition) is 1. The van der Waals surface area contributed by atoms with Crippen LogP contribution in [0.25, 0.3) is 11.0 Å². The molecule has 0 fully saturated rings. The number of carbonyl (C=O) groups is 1. The number of carbonyl (C=O) groups excluding carboxylic acids is 1. The highest BCUT2D eigenvalue weighted by atomic mass is 16.3. The first-order valence-electron chi connectivity index (χ1n) is 6.60. The molecule has 0 aliphatic rings. The highest BCUT2D eigenvalue weighted by Crippen LogP contribution is 2.13. The van der Waals surface area contributed by atoms with Crippen LogP contribution < -0.4 is 10.8 Å². The smallest absolute Gasteiger partial charge is 0.155 e. The number of hydrogen-bond acceptors (Lipinski definition) is 4. The summed E-state index contributed by atoms with van der Waals surface area (Å²) in [4.78, 5) is 11.2. The van der Waals surface area contributed by atoms with Crippen LogP contribution in [-0.2, 0) is 0 Å². The summed E-state index contributed by atoms with van der Waals surface area (Å²) < 4.78 is 5.46. The van der Waals surface area contributed by atoms with E-state index in [0.717, 1.165) is 22.9 Å². The molecule has 1 heterocycles. The van der Waals surface area contributed by atoms with Crippen molar-refractivity contribution >= 4 is 22.9 Å². The summed E-state index contributed by atoms with van der Waals surface area (Å²) in [6, 6.07) is 15.4. The van der Waals surface area contributed by atoms with Crippen molar-refractivity contribution in [1.29, 1.82) is 0 Å². The molecular weight excluding hydrogens is 264 g/mol. The number of fused-ring (bicyclic) bond motifs is 1. The third-order valence-corrected chi connectivity index (χ3v) is 3.17. The van der Waals surface area contributed by atoms with E-state index in [-0.39, 0.29) is 0 Å². The van der Waals surface area contributed by atoms with Gasteiger partial charge in [0.1, 0.15) is 17.2 Å². The highest BCUT2D eigenvalue weighted by Gasteiger charge is 2.05. The van der Waals surface area contributed by atoms with Crippen LogP contribution in [0.4, 0.5) is 5.69 Å². The third kappa shape index (κ3) is 2.69. The zero-order chi connectivity index (χ0) is 14.7. The average molecular weight is 278 g/mol. The van der Waals surface area contributed by atoms with Gasteiger partial charge < -0.3 is 4.42 Å². The van der Waals surface area contributed by atoms with Crippen molar-refractivity contribution in [2.75, 3.05) is 5.43 Å². The molecule has 0 aliphatic carbocycles. The minimum absolute atomic E-state index is 0.413. The molecule has 3 aromatic rings. The molecule has 1 N–H and O–H groups in total. The summed E-state index contributed by atoms with van der Waals surface area (Å²) in [7, 11) is 0. The quantitative estimate of drug-likeness (QED) is 0.589. The van der Waals surface area contributed by atoms with Gasteiger partial charge in [-0.2, -0.15) is 5.10 Å². The standard InChI is InChI=1S/C17H14N2O2/c1-12-7-8-16-15(9-12)17(13(10-20)11-21-16)19-18-14-5-3-2-4-6-14/h2-11,18H,1H3. The number of anilines is 1. The number of aldehydes is 1. The average Bonchev–Trinajstić information content (AvgIpc) is 2.53. The number of nitrogens with zero attached hydrogens (tertiary/aromatic N) is 1.